The molecule has 0 bridgehead atoms. The number of nitrogens with zero attached hydrogens (tertiary/aromatic N) is 8. The van der Waals surface area contributed by atoms with Gasteiger partial charge in [0.2, 0.25) is 11.8 Å². The number of fused-ring (bicyclic) bond motifs is 1. The number of tetrazole rings is 1. The van der Waals surface area contributed by atoms with Gasteiger partial charge in [0, 0.05) is 50.0 Å². The third-order valence-electron chi connectivity index (χ3n) is 7.97. The number of alkyl halides is 4. The molecule has 12 nitrogen and oxygen atoms in total. The Morgan fingerprint density at radius 2 is 1.76 bits per heavy atom. The maximum absolute atomic E-state index is 13.5. The van der Waals surface area contributed by atoms with Gasteiger partial charge >= 0.3 is 6.55 Å². The van der Waals surface area contributed by atoms with Crippen molar-refractivity contribution in [2.75, 3.05) is 31.5 Å². The molecule has 7 rings (SSSR count). The van der Waals surface area contributed by atoms with E-state index in [1.807, 2.05) is 35.2 Å². The topological polar surface area (TPSA) is 135 Å². The van der Waals surface area contributed by atoms with Gasteiger partial charge in [-0.05, 0) is 41.1 Å². The third kappa shape index (κ3) is 5.78. The van der Waals surface area contributed by atoms with Gasteiger partial charge in [-0.3, -0.25) is 19.5 Å². The molecule has 4 heterocycles. The first-order valence-electron chi connectivity index (χ1n) is 14.4. The van der Waals surface area contributed by atoms with E-state index >= 15 is 0 Å². The molecule has 0 radical (unpaired) electrons. The number of carbonyl (C=O) groups excluding carboxylic acids is 2. The molecule has 2 aliphatic rings. The van der Waals surface area contributed by atoms with E-state index in [-0.39, 0.29) is 28.1 Å². The summed E-state index contributed by atoms with van der Waals surface area (Å²) in [6.07, 6.45) is 1.01. The summed E-state index contributed by atoms with van der Waals surface area (Å²) in [5, 5.41) is 13.8. The number of aromatic nitrogens is 6. The second-order valence-corrected chi connectivity index (χ2v) is 11.0. The van der Waals surface area contributed by atoms with Crippen LogP contribution in [0.5, 0.6) is 0 Å². The highest BCUT2D eigenvalue weighted by atomic mass is 19.3. The number of carbonyl (C=O) groups is 2. The predicted octanol–water partition coefficient (Wildman–Crippen LogP) is 4.41. The Morgan fingerprint density at radius 3 is 2.46 bits per heavy atom. The maximum atomic E-state index is 13.5. The van der Waals surface area contributed by atoms with Gasteiger partial charge in [-0.1, -0.05) is 35.1 Å². The van der Waals surface area contributed by atoms with Crippen molar-refractivity contribution >= 4 is 28.6 Å². The van der Waals surface area contributed by atoms with Gasteiger partial charge in [0.15, 0.2) is 11.4 Å². The standard InChI is InChI=1S/C30H25F4N9O3/c31-29(32)43-39-25(38-40-43)24(17-4-2-1-3-5-17)41-10-12-42(13-11-41)28(45)22-14-18(8-9-35-22)27-37-21-15-19(6-7-23(21)46-27)36-26(44)20-16-30(20,33)34/h1-9,14-15,20,24,29H,10-13,16H2,(H,36,44)/t20?,24-/m1/s1. The highest BCUT2D eigenvalue weighted by Gasteiger charge is 2.61. The summed E-state index contributed by atoms with van der Waals surface area (Å²) in [7, 11) is 0. The Bertz CT molecular complexity index is 1910. The first-order chi connectivity index (χ1) is 22.2. The number of benzene rings is 2. The Balaban J connectivity index is 1.04. The van der Waals surface area contributed by atoms with E-state index < -0.39 is 36.8 Å². The van der Waals surface area contributed by atoms with Gasteiger partial charge in [-0.25, -0.2) is 13.8 Å². The average Bonchev–Trinajstić information content (AvgIpc) is 3.39. The second-order valence-electron chi connectivity index (χ2n) is 11.0. The highest BCUT2D eigenvalue weighted by molar-refractivity contribution is 5.97. The molecular formula is C30H25F4N9O3. The van der Waals surface area contributed by atoms with Crippen molar-refractivity contribution in [3.63, 3.8) is 0 Å². The van der Waals surface area contributed by atoms with Crippen LogP contribution in [0.15, 0.2) is 71.3 Å². The molecule has 0 spiro atoms. The number of nitrogens with one attached hydrogen (secondary N) is 1. The van der Waals surface area contributed by atoms with Gasteiger partial charge in [0.1, 0.15) is 17.1 Å². The van der Waals surface area contributed by atoms with E-state index in [1.165, 1.54) is 18.3 Å². The van der Waals surface area contributed by atoms with Crippen molar-refractivity contribution in [1.29, 1.82) is 0 Å². The molecule has 2 atom stereocenters. The number of halogens is 4. The van der Waals surface area contributed by atoms with Crippen LogP contribution in [-0.4, -0.2) is 83.9 Å². The highest BCUT2D eigenvalue weighted by Crippen LogP contribution is 2.49. The fourth-order valence-electron chi connectivity index (χ4n) is 5.47. The van der Waals surface area contributed by atoms with Crippen LogP contribution in [0.25, 0.3) is 22.6 Å². The lowest BCUT2D eigenvalue weighted by Crippen LogP contribution is -2.50. The lowest BCUT2D eigenvalue weighted by molar-refractivity contribution is -0.119. The molecule has 16 heteroatoms. The molecule has 1 unspecified atom stereocenters. The van der Waals surface area contributed by atoms with Gasteiger partial charge in [-0.2, -0.15) is 8.78 Å². The number of hydrogen-bond donors (Lipinski definition) is 1. The number of rotatable bonds is 8. The zero-order valence-corrected chi connectivity index (χ0v) is 23.9. The minimum Gasteiger partial charge on any atom is -0.436 e. The van der Waals surface area contributed by atoms with Crippen molar-refractivity contribution in [2.45, 2.75) is 24.9 Å². The summed E-state index contributed by atoms with van der Waals surface area (Å²) in [5.41, 5.74) is 2.59. The van der Waals surface area contributed by atoms with E-state index in [4.69, 9.17) is 4.42 Å². The van der Waals surface area contributed by atoms with Crippen molar-refractivity contribution in [1.82, 2.24) is 40.0 Å². The van der Waals surface area contributed by atoms with Crippen LogP contribution >= 0.6 is 0 Å². The Morgan fingerprint density at radius 1 is 1.00 bits per heavy atom. The summed E-state index contributed by atoms with van der Waals surface area (Å²) in [6, 6.07) is 16.6. The third-order valence-corrected chi connectivity index (χ3v) is 7.97. The van der Waals surface area contributed by atoms with Gasteiger partial charge in [-0.15, -0.1) is 10.2 Å². The molecule has 5 aromatic rings. The lowest BCUT2D eigenvalue weighted by atomic mass is 10.0. The molecule has 2 aromatic carbocycles. The van der Waals surface area contributed by atoms with E-state index in [0.717, 1.165) is 5.56 Å². The first kappa shape index (κ1) is 29.5. The number of piperazine rings is 1. The largest absolute Gasteiger partial charge is 0.436 e. The summed E-state index contributed by atoms with van der Waals surface area (Å²) in [4.78, 5) is 38.2. The summed E-state index contributed by atoms with van der Waals surface area (Å²) >= 11 is 0. The summed E-state index contributed by atoms with van der Waals surface area (Å²) in [6.45, 7) is -1.42. The normalized spacial score (nSPS) is 18.5. The number of hydrogen-bond acceptors (Lipinski definition) is 9. The van der Waals surface area contributed by atoms with Gasteiger partial charge in [0.25, 0.3) is 11.8 Å². The lowest BCUT2D eigenvalue weighted by Gasteiger charge is -2.38. The number of anilines is 1. The molecule has 46 heavy (non-hydrogen) atoms. The number of oxazole rings is 1. The predicted molar refractivity (Wildman–Crippen MR) is 154 cm³/mol. The Labute approximate surface area is 258 Å². The van der Waals surface area contributed by atoms with Gasteiger partial charge < -0.3 is 14.6 Å². The average molecular weight is 636 g/mol. The van der Waals surface area contributed by atoms with Crippen LogP contribution in [0, 0.1) is 5.92 Å². The number of pyridine rings is 1. The molecule has 2 amide bonds. The molecule has 236 valence electrons. The summed E-state index contributed by atoms with van der Waals surface area (Å²) < 4.78 is 58.7. The van der Waals surface area contributed by atoms with Crippen molar-refractivity contribution in [2.24, 2.45) is 5.92 Å². The zero-order chi connectivity index (χ0) is 32.0. The Hall–Kier alpha value is -5.25. The maximum Gasteiger partial charge on any atom is 0.350 e. The first-order valence-corrected chi connectivity index (χ1v) is 14.4. The van der Waals surface area contributed by atoms with E-state index in [9.17, 15) is 27.2 Å². The van der Waals surface area contributed by atoms with Crippen LogP contribution in [0.1, 0.15) is 40.9 Å². The molecule has 1 saturated heterocycles. The van der Waals surface area contributed by atoms with Crippen molar-refractivity contribution < 1.29 is 31.6 Å². The molecule has 1 N–H and O–H groups in total. The minimum absolute atomic E-state index is 0.137. The quantitative estimate of drug-likeness (QED) is 0.246. The van der Waals surface area contributed by atoms with E-state index in [1.54, 1.807) is 23.1 Å². The second kappa shape index (κ2) is 11.6. The zero-order valence-electron chi connectivity index (χ0n) is 23.9. The van der Waals surface area contributed by atoms with Crippen LogP contribution in [0.3, 0.4) is 0 Å². The van der Waals surface area contributed by atoms with Crippen molar-refractivity contribution in [3.05, 3.63) is 83.9 Å². The fourth-order valence-corrected chi connectivity index (χ4v) is 5.47. The smallest absolute Gasteiger partial charge is 0.350 e. The van der Waals surface area contributed by atoms with E-state index in [0.29, 0.717) is 48.5 Å². The number of amides is 2. The monoisotopic (exact) mass is 635 g/mol. The molecular weight excluding hydrogens is 610 g/mol. The molecule has 3 aromatic heterocycles. The van der Waals surface area contributed by atoms with Crippen LogP contribution < -0.4 is 5.32 Å². The molecule has 1 aliphatic heterocycles. The van der Waals surface area contributed by atoms with Crippen LogP contribution in [-0.2, 0) is 4.79 Å². The minimum atomic E-state index is -2.97. The molecule has 2 fully saturated rings. The van der Waals surface area contributed by atoms with Crippen LogP contribution in [0.4, 0.5) is 23.2 Å². The Kier molecular flexibility index (Phi) is 7.43. The fraction of sp³-hybridized carbons (Fsp3) is 0.300. The van der Waals surface area contributed by atoms with Gasteiger partial charge in [0.05, 0.1) is 6.04 Å². The SMILES string of the molecule is O=C(Nc1ccc2oc(-c3ccnc(C(=O)N4CCN([C@H](c5ccccc5)c5nnn(C(F)F)n5)CC4)c3)nc2c1)C1CC1(F)F. The van der Waals surface area contributed by atoms with Crippen LogP contribution in [0.2, 0.25) is 0 Å². The van der Waals surface area contributed by atoms with E-state index in [2.05, 4.69) is 30.7 Å². The van der Waals surface area contributed by atoms with Crippen molar-refractivity contribution in [3.8, 4) is 11.5 Å². The molecule has 1 saturated carbocycles. The molecule has 1 aliphatic carbocycles. The summed E-state index contributed by atoms with van der Waals surface area (Å²) in [5.74, 6) is -5.01.